The fraction of sp³-hybridized carbons (Fsp3) is 0.261. The van der Waals surface area contributed by atoms with Crippen molar-refractivity contribution in [2.24, 2.45) is 11.5 Å². The first kappa shape index (κ1) is 22.2. The Morgan fingerprint density at radius 2 is 1.74 bits per heavy atom. The molecule has 2 aromatic heterocycles. The smallest absolute Gasteiger partial charge is 0.418 e. The molecule has 0 aliphatic rings. The van der Waals surface area contributed by atoms with Gasteiger partial charge in [0.2, 0.25) is 0 Å². The summed E-state index contributed by atoms with van der Waals surface area (Å²) in [5.74, 6) is 1.64. The van der Waals surface area contributed by atoms with Gasteiger partial charge in [0.15, 0.2) is 0 Å². The summed E-state index contributed by atoms with van der Waals surface area (Å²) < 4.78 is 16.7. The lowest BCUT2D eigenvalue weighted by molar-refractivity contribution is 0.152. The molecule has 0 radical (unpaired) electrons. The quantitative estimate of drug-likeness (QED) is 0.437. The molecule has 0 aliphatic heterocycles. The summed E-state index contributed by atoms with van der Waals surface area (Å²) in [6.07, 6.45) is 4.16. The molecule has 0 aliphatic carbocycles. The van der Waals surface area contributed by atoms with E-state index in [0.717, 1.165) is 34.3 Å². The third-order valence-electron chi connectivity index (χ3n) is 4.83. The minimum absolute atomic E-state index is 0.217. The highest BCUT2D eigenvalue weighted by molar-refractivity contribution is 5.90. The van der Waals surface area contributed by atoms with Gasteiger partial charge >= 0.3 is 6.09 Å². The Balaban J connectivity index is 0.000000179. The fourth-order valence-corrected chi connectivity index (χ4v) is 3.27. The summed E-state index contributed by atoms with van der Waals surface area (Å²) >= 11 is 0. The van der Waals surface area contributed by atoms with Crippen LogP contribution in [0.4, 0.5) is 4.79 Å². The van der Waals surface area contributed by atoms with Crippen LogP contribution in [0.2, 0.25) is 0 Å². The highest BCUT2D eigenvalue weighted by Gasteiger charge is 2.10. The second-order valence-corrected chi connectivity index (χ2v) is 6.78. The number of fused-ring (bicyclic) bond motifs is 2. The van der Waals surface area contributed by atoms with Crippen molar-refractivity contribution in [2.75, 3.05) is 33.9 Å². The standard InChI is InChI=1S/C12H14N2O3.C11H14N2O/c1-16-10-2-3-11-9(8-10)4-6-14(11)12(15)17-7-5-13;1-14-9-2-3-11-10(6-9)8(4-5-12)7-13-11/h2-4,6,8H,5,7,13H2,1H3;2-3,6-7,13H,4-5,12H2,1H3. The van der Waals surface area contributed by atoms with E-state index in [1.165, 1.54) is 15.5 Å². The van der Waals surface area contributed by atoms with Crippen LogP contribution in [0.3, 0.4) is 0 Å². The van der Waals surface area contributed by atoms with E-state index in [4.69, 9.17) is 25.7 Å². The number of ether oxygens (including phenoxy) is 3. The third kappa shape index (κ3) is 5.17. The first-order valence-electron chi connectivity index (χ1n) is 9.97. The van der Waals surface area contributed by atoms with Crippen molar-refractivity contribution in [3.05, 3.63) is 60.4 Å². The average molecular weight is 425 g/mol. The normalized spacial score (nSPS) is 10.6. The Bertz CT molecular complexity index is 1150. The number of nitrogens with one attached hydrogen (secondary N) is 1. The number of nitrogens with zero attached hydrogens (tertiary/aromatic N) is 1. The first-order valence-corrected chi connectivity index (χ1v) is 9.97. The van der Waals surface area contributed by atoms with Gasteiger partial charge < -0.3 is 30.7 Å². The summed E-state index contributed by atoms with van der Waals surface area (Å²) in [6, 6.07) is 13.3. The van der Waals surface area contributed by atoms with Crippen LogP contribution in [0.1, 0.15) is 5.56 Å². The van der Waals surface area contributed by atoms with E-state index in [1.54, 1.807) is 26.5 Å². The number of aromatic amines is 1. The largest absolute Gasteiger partial charge is 0.497 e. The maximum Gasteiger partial charge on any atom is 0.418 e. The van der Waals surface area contributed by atoms with E-state index < -0.39 is 6.09 Å². The van der Waals surface area contributed by atoms with Crippen LogP contribution in [0.15, 0.2) is 54.9 Å². The molecule has 164 valence electrons. The van der Waals surface area contributed by atoms with Crippen LogP contribution in [0.25, 0.3) is 21.8 Å². The van der Waals surface area contributed by atoms with Crippen LogP contribution in [0, 0.1) is 0 Å². The van der Waals surface area contributed by atoms with Crippen molar-refractivity contribution in [2.45, 2.75) is 6.42 Å². The third-order valence-corrected chi connectivity index (χ3v) is 4.83. The van der Waals surface area contributed by atoms with E-state index >= 15 is 0 Å². The molecule has 0 fully saturated rings. The summed E-state index contributed by atoms with van der Waals surface area (Å²) in [6.45, 7) is 1.21. The fourth-order valence-electron chi connectivity index (χ4n) is 3.27. The van der Waals surface area contributed by atoms with Gasteiger partial charge in [-0.1, -0.05) is 0 Å². The Morgan fingerprint density at radius 1 is 1.00 bits per heavy atom. The van der Waals surface area contributed by atoms with Gasteiger partial charge in [-0.3, -0.25) is 4.57 Å². The molecule has 0 spiro atoms. The lowest BCUT2D eigenvalue weighted by atomic mass is 10.1. The molecular formula is C23H28N4O4. The number of methoxy groups -OCH3 is 2. The van der Waals surface area contributed by atoms with Crippen LogP contribution in [-0.4, -0.2) is 49.6 Å². The van der Waals surface area contributed by atoms with E-state index in [-0.39, 0.29) is 6.61 Å². The molecule has 0 atom stereocenters. The van der Waals surface area contributed by atoms with E-state index in [1.807, 2.05) is 42.6 Å². The summed E-state index contributed by atoms with van der Waals surface area (Å²) in [5.41, 5.74) is 14.0. The van der Waals surface area contributed by atoms with Crippen molar-refractivity contribution in [1.29, 1.82) is 0 Å². The molecule has 4 aromatic rings. The highest BCUT2D eigenvalue weighted by Crippen LogP contribution is 2.24. The lowest BCUT2D eigenvalue weighted by Gasteiger charge is -2.05. The topological polar surface area (TPSA) is 118 Å². The first-order chi connectivity index (χ1) is 15.1. The second-order valence-electron chi connectivity index (χ2n) is 6.78. The van der Waals surface area contributed by atoms with Crippen LogP contribution >= 0.6 is 0 Å². The van der Waals surface area contributed by atoms with Crippen molar-refractivity contribution in [3.8, 4) is 11.5 Å². The predicted octanol–water partition coefficient (Wildman–Crippen LogP) is 3.27. The zero-order valence-electron chi connectivity index (χ0n) is 17.8. The van der Waals surface area contributed by atoms with Crippen molar-refractivity contribution in [1.82, 2.24) is 9.55 Å². The van der Waals surface area contributed by atoms with Gasteiger partial charge in [-0.2, -0.15) is 0 Å². The molecular weight excluding hydrogens is 396 g/mol. The molecule has 5 N–H and O–H groups in total. The van der Waals surface area contributed by atoms with Crippen LogP contribution in [0.5, 0.6) is 11.5 Å². The van der Waals surface area contributed by atoms with Crippen molar-refractivity contribution >= 4 is 27.9 Å². The van der Waals surface area contributed by atoms with Gasteiger partial charge in [-0.15, -0.1) is 0 Å². The second kappa shape index (κ2) is 10.5. The number of benzene rings is 2. The Morgan fingerprint density at radius 3 is 2.45 bits per heavy atom. The molecule has 8 nitrogen and oxygen atoms in total. The molecule has 2 aromatic carbocycles. The minimum atomic E-state index is -0.421. The van der Waals surface area contributed by atoms with Crippen LogP contribution in [-0.2, 0) is 11.2 Å². The van der Waals surface area contributed by atoms with Gasteiger partial charge in [0.1, 0.15) is 18.1 Å². The minimum Gasteiger partial charge on any atom is -0.497 e. The number of aromatic nitrogens is 2. The molecule has 4 rings (SSSR count). The molecule has 31 heavy (non-hydrogen) atoms. The number of carbonyl (C=O) groups excluding carboxylic acids is 1. The number of hydrogen-bond donors (Lipinski definition) is 3. The molecule has 0 saturated heterocycles. The lowest BCUT2D eigenvalue weighted by Crippen LogP contribution is -2.17. The Labute approximate surface area is 180 Å². The Hall–Kier alpha value is -3.49. The van der Waals surface area contributed by atoms with Crippen molar-refractivity contribution in [3.63, 3.8) is 0 Å². The maximum atomic E-state index is 11.7. The molecule has 0 bridgehead atoms. The average Bonchev–Trinajstić information content (AvgIpc) is 3.41. The van der Waals surface area contributed by atoms with E-state index in [9.17, 15) is 4.79 Å². The zero-order valence-corrected chi connectivity index (χ0v) is 17.8. The molecule has 0 amide bonds. The predicted molar refractivity (Wildman–Crippen MR) is 122 cm³/mol. The van der Waals surface area contributed by atoms with E-state index in [2.05, 4.69) is 4.98 Å². The Kier molecular flexibility index (Phi) is 7.53. The maximum absolute atomic E-state index is 11.7. The van der Waals surface area contributed by atoms with Gasteiger partial charge in [0, 0.05) is 35.2 Å². The molecule has 2 heterocycles. The van der Waals surface area contributed by atoms with Crippen molar-refractivity contribution < 1.29 is 19.0 Å². The molecule has 0 saturated carbocycles. The highest BCUT2D eigenvalue weighted by atomic mass is 16.5. The molecule has 8 heteroatoms. The number of rotatable bonds is 6. The monoisotopic (exact) mass is 424 g/mol. The summed E-state index contributed by atoms with van der Waals surface area (Å²) in [7, 11) is 3.28. The van der Waals surface area contributed by atoms with Crippen LogP contribution < -0.4 is 20.9 Å². The number of hydrogen-bond acceptors (Lipinski definition) is 6. The van der Waals surface area contributed by atoms with Gasteiger partial charge in [0.25, 0.3) is 0 Å². The molecule has 0 unspecified atom stereocenters. The summed E-state index contributed by atoms with van der Waals surface area (Å²) in [5, 5.41) is 2.13. The number of H-pyrrole nitrogens is 1. The SMILES string of the molecule is COc1ccc2[nH]cc(CCN)c2c1.COc1ccc2c(ccn2C(=O)OCCN)c1. The zero-order chi connectivity index (χ0) is 22.2. The van der Waals surface area contributed by atoms with Gasteiger partial charge in [0.05, 0.1) is 19.7 Å². The summed E-state index contributed by atoms with van der Waals surface area (Å²) in [4.78, 5) is 14.9. The van der Waals surface area contributed by atoms with E-state index in [0.29, 0.717) is 13.1 Å². The van der Waals surface area contributed by atoms with Gasteiger partial charge in [-0.05, 0) is 61.0 Å². The number of carbonyl (C=O) groups is 1. The number of nitrogens with two attached hydrogens (primary N) is 2. The van der Waals surface area contributed by atoms with Gasteiger partial charge in [-0.25, -0.2) is 4.79 Å².